The van der Waals surface area contributed by atoms with Crippen LogP contribution in [-0.2, 0) is 9.59 Å². The summed E-state index contributed by atoms with van der Waals surface area (Å²) in [5, 5.41) is 11.4. The first-order chi connectivity index (χ1) is 13.8. The SMILES string of the molecule is CNC(=O)CN1C(=O)N(CC(C)C)C2(CCN(c3ccc(C#N)cn3)CC2)C1=O. The monoisotopic (exact) mass is 398 g/mol. The molecule has 29 heavy (non-hydrogen) atoms. The lowest BCUT2D eigenvalue weighted by molar-refractivity contribution is -0.137. The predicted octanol–water partition coefficient (Wildman–Crippen LogP) is 0.958. The molecule has 154 valence electrons. The Hall–Kier alpha value is -3.15. The zero-order chi connectivity index (χ0) is 21.2. The molecule has 0 bridgehead atoms. The first kappa shape index (κ1) is 20.6. The van der Waals surface area contributed by atoms with Crippen LogP contribution in [0.3, 0.4) is 0 Å². The maximum Gasteiger partial charge on any atom is 0.328 e. The van der Waals surface area contributed by atoms with E-state index in [1.54, 1.807) is 17.0 Å². The molecule has 0 aromatic carbocycles. The largest absolute Gasteiger partial charge is 0.358 e. The Morgan fingerprint density at radius 1 is 1.31 bits per heavy atom. The topological polar surface area (TPSA) is 110 Å². The molecule has 1 spiro atoms. The van der Waals surface area contributed by atoms with Gasteiger partial charge in [0.2, 0.25) is 5.91 Å². The second-order valence-electron chi connectivity index (χ2n) is 7.89. The van der Waals surface area contributed by atoms with Gasteiger partial charge in [-0.25, -0.2) is 9.78 Å². The van der Waals surface area contributed by atoms with Gasteiger partial charge in [-0.2, -0.15) is 5.26 Å². The van der Waals surface area contributed by atoms with Crippen LogP contribution >= 0.6 is 0 Å². The number of pyridine rings is 1. The minimum Gasteiger partial charge on any atom is -0.358 e. The molecule has 9 nitrogen and oxygen atoms in total. The second-order valence-corrected chi connectivity index (χ2v) is 7.89. The Bertz CT molecular complexity index is 837. The standard InChI is InChI=1S/C20H26N6O3/c1-14(2)12-26-19(29)25(13-17(27)22-3)18(28)20(26)6-8-24(9-7-20)16-5-4-15(10-21)11-23-16/h4-5,11,14H,6-9,12-13H2,1-3H3,(H,22,27). The van der Waals surface area contributed by atoms with Gasteiger partial charge in [-0.3, -0.25) is 14.5 Å². The zero-order valence-electron chi connectivity index (χ0n) is 17.0. The van der Waals surface area contributed by atoms with Crippen LogP contribution in [0.25, 0.3) is 0 Å². The van der Waals surface area contributed by atoms with Crippen molar-refractivity contribution >= 4 is 23.7 Å². The minimum atomic E-state index is -0.918. The maximum atomic E-state index is 13.3. The van der Waals surface area contributed by atoms with Crippen LogP contribution in [0, 0.1) is 17.2 Å². The van der Waals surface area contributed by atoms with Gasteiger partial charge in [0.1, 0.15) is 24.0 Å². The first-order valence-electron chi connectivity index (χ1n) is 9.77. The minimum absolute atomic E-state index is 0.196. The Kier molecular flexibility index (Phi) is 5.73. The molecule has 3 rings (SSSR count). The number of hydrogen-bond acceptors (Lipinski definition) is 6. The van der Waals surface area contributed by atoms with Crippen LogP contribution in [-0.4, -0.2) is 71.4 Å². The zero-order valence-corrected chi connectivity index (χ0v) is 17.0. The van der Waals surface area contributed by atoms with Gasteiger partial charge in [0.25, 0.3) is 5.91 Å². The lowest BCUT2D eigenvalue weighted by atomic mass is 9.85. The normalized spacial score (nSPS) is 18.5. The summed E-state index contributed by atoms with van der Waals surface area (Å²) < 4.78 is 0. The van der Waals surface area contributed by atoms with Crippen molar-refractivity contribution in [3.05, 3.63) is 23.9 Å². The highest BCUT2D eigenvalue weighted by Gasteiger charge is 2.58. The van der Waals surface area contributed by atoms with Crippen molar-refractivity contribution in [3.8, 4) is 6.07 Å². The summed E-state index contributed by atoms with van der Waals surface area (Å²) in [5.74, 6) is 0.279. The Morgan fingerprint density at radius 2 is 2.00 bits per heavy atom. The van der Waals surface area contributed by atoms with E-state index >= 15 is 0 Å². The Balaban J connectivity index is 1.82. The Morgan fingerprint density at radius 3 is 2.52 bits per heavy atom. The smallest absolute Gasteiger partial charge is 0.328 e. The van der Waals surface area contributed by atoms with Crippen LogP contribution in [0.4, 0.5) is 10.6 Å². The van der Waals surface area contributed by atoms with Crippen LogP contribution in [0.1, 0.15) is 32.3 Å². The predicted molar refractivity (Wildman–Crippen MR) is 106 cm³/mol. The van der Waals surface area contributed by atoms with Crippen molar-refractivity contribution in [2.45, 2.75) is 32.2 Å². The van der Waals surface area contributed by atoms with E-state index < -0.39 is 11.6 Å². The molecule has 2 fully saturated rings. The van der Waals surface area contributed by atoms with Gasteiger partial charge >= 0.3 is 6.03 Å². The molecule has 0 radical (unpaired) electrons. The van der Waals surface area contributed by atoms with Gasteiger partial charge in [-0.15, -0.1) is 0 Å². The average Bonchev–Trinajstić information content (AvgIpc) is 2.90. The number of likely N-dealkylation sites (N-methyl/N-ethyl adjacent to an activating group) is 1. The van der Waals surface area contributed by atoms with Gasteiger partial charge in [0.05, 0.1) is 5.56 Å². The van der Waals surface area contributed by atoms with E-state index in [0.717, 1.165) is 10.7 Å². The summed E-state index contributed by atoms with van der Waals surface area (Å²) in [5.41, 5.74) is -0.426. The third-order valence-corrected chi connectivity index (χ3v) is 5.54. The van der Waals surface area contributed by atoms with Crippen LogP contribution < -0.4 is 10.2 Å². The lowest BCUT2D eigenvalue weighted by Gasteiger charge is -2.43. The molecule has 0 saturated carbocycles. The maximum absolute atomic E-state index is 13.3. The van der Waals surface area contributed by atoms with E-state index in [9.17, 15) is 14.4 Å². The molecule has 2 aliphatic heterocycles. The average molecular weight is 398 g/mol. The van der Waals surface area contributed by atoms with Crippen molar-refractivity contribution in [3.63, 3.8) is 0 Å². The third kappa shape index (κ3) is 3.75. The summed E-state index contributed by atoms with van der Waals surface area (Å²) in [6.07, 6.45) is 2.46. The molecule has 0 atom stereocenters. The number of hydrogen-bond donors (Lipinski definition) is 1. The number of amides is 4. The summed E-state index contributed by atoms with van der Waals surface area (Å²) in [4.78, 5) is 47.2. The van der Waals surface area contributed by atoms with Crippen molar-refractivity contribution in [2.24, 2.45) is 5.92 Å². The number of carbonyl (C=O) groups is 3. The molecule has 0 unspecified atom stereocenters. The number of nitrogens with one attached hydrogen (secondary N) is 1. The molecule has 3 heterocycles. The second kappa shape index (κ2) is 8.07. The highest BCUT2D eigenvalue weighted by atomic mass is 16.2. The van der Waals surface area contributed by atoms with Crippen molar-refractivity contribution in [2.75, 3.05) is 38.1 Å². The van der Waals surface area contributed by atoms with Gasteiger partial charge in [0.15, 0.2) is 0 Å². The Labute approximate surface area is 170 Å². The van der Waals surface area contributed by atoms with E-state index in [4.69, 9.17) is 5.26 Å². The molecule has 1 aromatic rings. The number of carbonyl (C=O) groups excluding carboxylic acids is 3. The number of aromatic nitrogens is 1. The molecule has 4 amide bonds. The molecule has 1 aromatic heterocycles. The van der Waals surface area contributed by atoms with Crippen LogP contribution in [0.5, 0.6) is 0 Å². The summed E-state index contributed by atoms with van der Waals surface area (Å²) >= 11 is 0. The van der Waals surface area contributed by atoms with E-state index in [-0.39, 0.29) is 24.3 Å². The lowest BCUT2D eigenvalue weighted by Crippen LogP contribution is -2.57. The van der Waals surface area contributed by atoms with Gasteiger partial charge in [-0.05, 0) is 30.9 Å². The molecule has 1 N–H and O–H groups in total. The van der Waals surface area contributed by atoms with Gasteiger partial charge < -0.3 is 15.1 Å². The molecule has 9 heteroatoms. The fourth-order valence-electron chi connectivity index (χ4n) is 3.99. The molecule has 0 aliphatic carbocycles. The van der Waals surface area contributed by atoms with Crippen molar-refractivity contribution in [1.29, 1.82) is 5.26 Å². The summed E-state index contributed by atoms with van der Waals surface area (Å²) in [6.45, 7) is 5.32. The van der Waals surface area contributed by atoms with Gasteiger partial charge in [0, 0.05) is 32.9 Å². The summed E-state index contributed by atoms with van der Waals surface area (Å²) in [6, 6.07) is 5.17. The highest BCUT2D eigenvalue weighted by molar-refractivity contribution is 6.09. The quantitative estimate of drug-likeness (QED) is 0.740. The van der Waals surface area contributed by atoms with Crippen molar-refractivity contribution < 1.29 is 14.4 Å². The number of urea groups is 1. The summed E-state index contributed by atoms with van der Waals surface area (Å²) in [7, 11) is 1.48. The highest BCUT2D eigenvalue weighted by Crippen LogP contribution is 2.38. The van der Waals surface area contributed by atoms with E-state index in [0.29, 0.717) is 38.0 Å². The third-order valence-electron chi connectivity index (χ3n) is 5.54. The number of piperidine rings is 1. The number of imide groups is 1. The number of nitrogens with zero attached hydrogens (tertiary/aromatic N) is 5. The van der Waals surface area contributed by atoms with Crippen LogP contribution in [0.2, 0.25) is 0 Å². The van der Waals surface area contributed by atoms with E-state index in [2.05, 4.69) is 15.2 Å². The van der Waals surface area contributed by atoms with E-state index in [1.807, 2.05) is 19.9 Å². The number of anilines is 1. The molecular formula is C20H26N6O3. The molecule has 2 saturated heterocycles. The van der Waals surface area contributed by atoms with Gasteiger partial charge in [-0.1, -0.05) is 13.8 Å². The fourth-order valence-corrected chi connectivity index (χ4v) is 3.99. The van der Waals surface area contributed by atoms with Crippen molar-refractivity contribution in [1.82, 2.24) is 20.1 Å². The molecule has 2 aliphatic rings. The first-order valence-corrected chi connectivity index (χ1v) is 9.77. The van der Waals surface area contributed by atoms with E-state index in [1.165, 1.54) is 13.2 Å². The number of nitriles is 1. The fraction of sp³-hybridized carbons (Fsp3) is 0.550. The molecular weight excluding hydrogens is 372 g/mol. The number of rotatable bonds is 5. The van der Waals surface area contributed by atoms with Crippen LogP contribution in [0.15, 0.2) is 18.3 Å².